The highest BCUT2D eigenvalue weighted by Crippen LogP contribution is 2.26. The quantitative estimate of drug-likeness (QED) is 0.825. The molecule has 2 nitrogen and oxygen atoms in total. The van der Waals surface area contributed by atoms with Crippen LogP contribution in [-0.4, -0.2) is 13.0 Å². The molecule has 4 heteroatoms. The Kier molecular flexibility index (Phi) is 3.41. The van der Waals surface area contributed by atoms with Gasteiger partial charge in [-0.1, -0.05) is 12.1 Å². The minimum Gasteiger partial charge on any atom is -0.310 e. The van der Waals surface area contributed by atoms with Gasteiger partial charge in [-0.05, 0) is 39.5 Å². The van der Waals surface area contributed by atoms with Crippen molar-refractivity contribution < 1.29 is 4.79 Å². The molecule has 82 valence electrons. The van der Waals surface area contributed by atoms with Crippen LogP contribution in [0, 0.1) is 0 Å². The Balaban J connectivity index is 2.30. The highest BCUT2D eigenvalue weighted by Gasteiger charge is 2.15. The molecular weight excluding hydrogens is 286 g/mol. The maximum absolute atomic E-state index is 12.1. The molecule has 1 aromatic carbocycles. The molecule has 2 rings (SSSR count). The summed E-state index contributed by atoms with van der Waals surface area (Å²) in [4.78, 5) is 13.7. The predicted octanol–water partition coefficient (Wildman–Crippen LogP) is 3.79. The molecule has 0 aliphatic heterocycles. The van der Waals surface area contributed by atoms with Crippen molar-refractivity contribution in [3.05, 3.63) is 51.1 Å². The summed E-state index contributed by atoms with van der Waals surface area (Å²) < 4.78 is 0.918. The number of thiophene rings is 1. The molecule has 0 aliphatic carbocycles. The Morgan fingerprint density at radius 3 is 2.69 bits per heavy atom. The molecule has 0 aliphatic rings. The van der Waals surface area contributed by atoms with Crippen LogP contribution in [0.2, 0.25) is 0 Å². The number of carbonyl (C=O) groups is 1. The number of halogens is 1. The first kappa shape index (κ1) is 11.4. The third-order valence-corrected chi connectivity index (χ3v) is 3.64. The number of carbonyl (C=O) groups excluding carboxylic acids is 1. The average molecular weight is 296 g/mol. The number of para-hydroxylation sites is 1. The summed E-state index contributed by atoms with van der Waals surface area (Å²) in [6.45, 7) is 0. The maximum Gasteiger partial charge on any atom is 0.258 e. The second-order valence-corrected chi connectivity index (χ2v) is 4.96. The van der Waals surface area contributed by atoms with Crippen molar-refractivity contribution in [3.8, 4) is 0 Å². The molecule has 0 atom stereocenters. The first-order chi connectivity index (χ1) is 7.70. The molecule has 0 spiro atoms. The van der Waals surface area contributed by atoms with Crippen molar-refractivity contribution in [2.24, 2.45) is 0 Å². The first-order valence-electron chi connectivity index (χ1n) is 4.75. The van der Waals surface area contributed by atoms with E-state index >= 15 is 0 Å². The number of hydrogen-bond donors (Lipinski definition) is 0. The maximum atomic E-state index is 12.1. The molecular formula is C12H10BrNOS. The first-order valence-corrected chi connectivity index (χ1v) is 6.48. The van der Waals surface area contributed by atoms with Gasteiger partial charge in [-0.3, -0.25) is 4.79 Å². The summed E-state index contributed by atoms with van der Waals surface area (Å²) in [5.74, 6) is 0.00755. The zero-order valence-corrected chi connectivity index (χ0v) is 11.1. The zero-order valence-electron chi connectivity index (χ0n) is 8.68. The zero-order chi connectivity index (χ0) is 11.5. The van der Waals surface area contributed by atoms with Gasteiger partial charge in [-0.2, -0.15) is 11.3 Å². The van der Waals surface area contributed by atoms with Crippen molar-refractivity contribution in [1.82, 2.24) is 0 Å². The van der Waals surface area contributed by atoms with Gasteiger partial charge in [0.05, 0.1) is 11.3 Å². The van der Waals surface area contributed by atoms with E-state index in [1.165, 1.54) is 11.3 Å². The van der Waals surface area contributed by atoms with Crippen LogP contribution < -0.4 is 4.90 Å². The second kappa shape index (κ2) is 4.80. The fraction of sp³-hybridized carbons (Fsp3) is 0.0833. The summed E-state index contributed by atoms with van der Waals surface area (Å²) in [6.07, 6.45) is 0. The van der Waals surface area contributed by atoms with E-state index in [0.29, 0.717) is 0 Å². The Bertz CT molecular complexity index is 495. The van der Waals surface area contributed by atoms with Gasteiger partial charge in [0, 0.05) is 16.9 Å². The topological polar surface area (TPSA) is 20.3 Å². The minimum absolute atomic E-state index is 0.00755. The van der Waals surface area contributed by atoms with Gasteiger partial charge in [0.25, 0.3) is 5.91 Å². The van der Waals surface area contributed by atoms with Crippen LogP contribution in [0.15, 0.2) is 45.6 Å². The lowest BCUT2D eigenvalue weighted by molar-refractivity contribution is 0.0993. The molecule has 1 amide bonds. The Morgan fingerprint density at radius 2 is 2.06 bits per heavy atom. The number of anilines is 1. The van der Waals surface area contributed by atoms with Gasteiger partial charge in [-0.25, -0.2) is 0 Å². The number of benzene rings is 1. The molecule has 0 bridgehead atoms. The van der Waals surface area contributed by atoms with E-state index in [-0.39, 0.29) is 5.91 Å². The highest BCUT2D eigenvalue weighted by molar-refractivity contribution is 9.10. The van der Waals surface area contributed by atoms with Gasteiger partial charge in [0.2, 0.25) is 0 Å². The molecule has 1 aromatic heterocycles. The monoisotopic (exact) mass is 295 g/mol. The van der Waals surface area contributed by atoms with Crippen molar-refractivity contribution in [1.29, 1.82) is 0 Å². The highest BCUT2D eigenvalue weighted by atomic mass is 79.9. The molecule has 0 unspecified atom stereocenters. The van der Waals surface area contributed by atoms with Crippen LogP contribution in [0.1, 0.15) is 10.4 Å². The van der Waals surface area contributed by atoms with Crippen LogP contribution in [0.25, 0.3) is 0 Å². The van der Waals surface area contributed by atoms with E-state index < -0.39 is 0 Å². The average Bonchev–Trinajstić information content (AvgIpc) is 2.81. The lowest BCUT2D eigenvalue weighted by Gasteiger charge is -2.17. The molecule has 16 heavy (non-hydrogen) atoms. The van der Waals surface area contributed by atoms with E-state index in [0.717, 1.165) is 15.7 Å². The minimum atomic E-state index is 0.00755. The molecule has 0 N–H and O–H groups in total. The van der Waals surface area contributed by atoms with Crippen LogP contribution in [-0.2, 0) is 0 Å². The lowest BCUT2D eigenvalue weighted by atomic mass is 10.2. The number of amides is 1. The predicted molar refractivity (Wildman–Crippen MR) is 71.2 cm³/mol. The normalized spacial score (nSPS) is 10.1. The van der Waals surface area contributed by atoms with E-state index in [4.69, 9.17) is 0 Å². The fourth-order valence-corrected chi connectivity index (χ4v) is 2.59. The SMILES string of the molecule is CN(C(=O)c1ccsc1)c1ccccc1Br. The summed E-state index contributed by atoms with van der Waals surface area (Å²) in [7, 11) is 1.78. The smallest absolute Gasteiger partial charge is 0.258 e. The van der Waals surface area contributed by atoms with Gasteiger partial charge in [0.15, 0.2) is 0 Å². The summed E-state index contributed by atoms with van der Waals surface area (Å²) in [6, 6.07) is 9.51. The fourth-order valence-electron chi connectivity index (χ4n) is 1.41. The molecule has 2 aromatic rings. The van der Waals surface area contributed by atoms with Gasteiger partial charge in [0.1, 0.15) is 0 Å². The summed E-state index contributed by atoms with van der Waals surface area (Å²) in [5.41, 5.74) is 1.60. The van der Waals surface area contributed by atoms with Crippen LogP contribution in [0.5, 0.6) is 0 Å². The van der Waals surface area contributed by atoms with E-state index in [1.54, 1.807) is 11.9 Å². The lowest BCUT2D eigenvalue weighted by Crippen LogP contribution is -2.25. The largest absolute Gasteiger partial charge is 0.310 e. The third kappa shape index (κ3) is 2.18. The van der Waals surface area contributed by atoms with Crippen molar-refractivity contribution >= 4 is 38.9 Å². The second-order valence-electron chi connectivity index (χ2n) is 3.33. The Hall–Kier alpha value is -1.13. The Morgan fingerprint density at radius 1 is 1.31 bits per heavy atom. The Labute approximate surface area is 107 Å². The van der Waals surface area contributed by atoms with Gasteiger partial charge < -0.3 is 4.90 Å². The van der Waals surface area contributed by atoms with Crippen LogP contribution in [0.3, 0.4) is 0 Å². The van der Waals surface area contributed by atoms with Crippen molar-refractivity contribution in [2.75, 3.05) is 11.9 Å². The molecule has 1 heterocycles. The molecule has 0 saturated carbocycles. The number of rotatable bonds is 2. The number of nitrogens with zero attached hydrogens (tertiary/aromatic N) is 1. The van der Waals surface area contributed by atoms with Crippen LogP contribution in [0.4, 0.5) is 5.69 Å². The number of hydrogen-bond acceptors (Lipinski definition) is 2. The summed E-state index contributed by atoms with van der Waals surface area (Å²) >= 11 is 4.96. The van der Waals surface area contributed by atoms with Gasteiger partial charge >= 0.3 is 0 Å². The van der Waals surface area contributed by atoms with E-state index in [2.05, 4.69) is 15.9 Å². The molecule has 0 radical (unpaired) electrons. The van der Waals surface area contributed by atoms with E-state index in [1.807, 2.05) is 41.1 Å². The summed E-state index contributed by atoms with van der Waals surface area (Å²) in [5, 5.41) is 3.76. The standard InChI is InChI=1S/C12H10BrNOS/c1-14(11-5-3-2-4-10(11)13)12(15)9-6-7-16-8-9/h2-8H,1H3. The van der Waals surface area contributed by atoms with Gasteiger partial charge in [-0.15, -0.1) is 0 Å². The molecule has 0 saturated heterocycles. The molecule has 0 fully saturated rings. The third-order valence-electron chi connectivity index (χ3n) is 2.29. The van der Waals surface area contributed by atoms with Crippen molar-refractivity contribution in [2.45, 2.75) is 0 Å². The van der Waals surface area contributed by atoms with E-state index in [9.17, 15) is 4.79 Å². The van der Waals surface area contributed by atoms with Crippen LogP contribution >= 0.6 is 27.3 Å². The van der Waals surface area contributed by atoms with Crippen molar-refractivity contribution in [3.63, 3.8) is 0 Å².